The fourth-order valence-electron chi connectivity index (χ4n) is 2.63. The monoisotopic (exact) mass is 308 g/mol. The van der Waals surface area contributed by atoms with Gasteiger partial charge in [0.15, 0.2) is 0 Å². The molecule has 0 bridgehead atoms. The van der Waals surface area contributed by atoms with Gasteiger partial charge < -0.3 is 11.1 Å². The minimum absolute atomic E-state index is 0.0607. The van der Waals surface area contributed by atoms with Crippen LogP contribution >= 0.6 is 0 Å². The number of hydrogen-bond donors (Lipinski definition) is 2. The van der Waals surface area contributed by atoms with Crippen LogP contribution in [-0.2, 0) is 0 Å². The lowest BCUT2D eigenvalue weighted by Gasteiger charge is -2.12. The van der Waals surface area contributed by atoms with E-state index in [9.17, 15) is 0 Å². The number of aromatic nitrogens is 2. The Morgan fingerprint density at radius 2 is 2.13 bits per heavy atom. The number of fused-ring (bicyclic) bond motifs is 1. The third-order valence-electron chi connectivity index (χ3n) is 3.95. The third kappa shape index (κ3) is 3.37. The van der Waals surface area contributed by atoms with Crippen molar-refractivity contribution in [2.75, 3.05) is 11.9 Å². The van der Waals surface area contributed by atoms with Gasteiger partial charge in [0.25, 0.3) is 0 Å². The van der Waals surface area contributed by atoms with Crippen molar-refractivity contribution in [2.24, 2.45) is 11.1 Å². The summed E-state index contributed by atoms with van der Waals surface area (Å²) >= 11 is 0. The van der Waals surface area contributed by atoms with Crippen LogP contribution < -0.4 is 11.1 Å². The maximum absolute atomic E-state index is 5.84. The lowest BCUT2D eigenvalue weighted by atomic mass is 9.93. The van der Waals surface area contributed by atoms with Crippen LogP contribution in [0, 0.1) is 5.41 Å². The maximum atomic E-state index is 5.84. The van der Waals surface area contributed by atoms with Crippen LogP contribution in [0.3, 0.4) is 0 Å². The van der Waals surface area contributed by atoms with E-state index in [1.807, 2.05) is 23.9 Å². The molecular weight excluding hydrogens is 284 g/mol. The van der Waals surface area contributed by atoms with Gasteiger partial charge in [0.2, 0.25) is 0 Å². The van der Waals surface area contributed by atoms with Gasteiger partial charge >= 0.3 is 0 Å². The van der Waals surface area contributed by atoms with Gasteiger partial charge in [-0.3, -0.25) is 0 Å². The molecule has 0 amide bonds. The molecule has 0 aliphatic heterocycles. The Kier molecular flexibility index (Phi) is 4.09. The molecule has 0 spiro atoms. The second-order valence-electron chi connectivity index (χ2n) is 6.76. The van der Waals surface area contributed by atoms with Crippen molar-refractivity contribution >= 4 is 22.3 Å². The molecule has 2 aromatic rings. The van der Waals surface area contributed by atoms with Crippen molar-refractivity contribution in [3.8, 4) is 0 Å². The van der Waals surface area contributed by atoms with Crippen LogP contribution in [-0.4, -0.2) is 22.4 Å². The first-order valence-corrected chi connectivity index (χ1v) is 8.02. The first-order valence-electron chi connectivity index (χ1n) is 8.02. The highest BCUT2D eigenvalue weighted by Gasteiger charge is 2.13. The Labute approximate surface area is 137 Å². The summed E-state index contributed by atoms with van der Waals surface area (Å²) in [5.74, 6) is 0. The Hall–Kier alpha value is -2.33. The standard InChI is InChI=1S/C19H24N4/c1-14(20)12-21-17-7-4-8-18-16(17)13-22-23(18)15-6-5-10-19(2,3)11-9-15/h4-11,13-14,21H,12,20H2,1-3H3/t14-/m0/s1. The fourth-order valence-corrected chi connectivity index (χ4v) is 2.63. The Morgan fingerprint density at radius 3 is 2.91 bits per heavy atom. The van der Waals surface area contributed by atoms with Crippen LogP contribution in [0.25, 0.3) is 16.6 Å². The summed E-state index contributed by atoms with van der Waals surface area (Å²) < 4.78 is 1.98. The van der Waals surface area contributed by atoms with Crippen LogP contribution in [0.4, 0.5) is 5.69 Å². The van der Waals surface area contributed by atoms with Crippen molar-refractivity contribution in [3.05, 3.63) is 54.8 Å². The molecule has 0 saturated heterocycles. The second kappa shape index (κ2) is 6.05. The Bertz CT molecular complexity index is 791. The zero-order valence-corrected chi connectivity index (χ0v) is 14.0. The van der Waals surface area contributed by atoms with Gasteiger partial charge in [0.1, 0.15) is 0 Å². The zero-order valence-electron chi connectivity index (χ0n) is 14.0. The summed E-state index contributed by atoms with van der Waals surface area (Å²) in [4.78, 5) is 0. The number of rotatable bonds is 4. The normalized spacial score (nSPS) is 17.8. The van der Waals surface area contributed by atoms with Crippen LogP contribution in [0.1, 0.15) is 20.8 Å². The molecular formula is C19H24N4. The lowest BCUT2D eigenvalue weighted by molar-refractivity contribution is 0.627. The van der Waals surface area contributed by atoms with E-state index in [1.165, 1.54) is 0 Å². The average molecular weight is 308 g/mol. The van der Waals surface area contributed by atoms with Crippen LogP contribution in [0.2, 0.25) is 0 Å². The van der Waals surface area contributed by atoms with Gasteiger partial charge in [-0.05, 0) is 31.2 Å². The molecule has 1 aromatic carbocycles. The van der Waals surface area contributed by atoms with E-state index in [2.05, 4.69) is 66.8 Å². The van der Waals surface area contributed by atoms with Crippen molar-refractivity contribution in [3.63, 3.8) is 0 Å². The first kappa shape index (κ1) is 15.6. The largest absolute Gasteiger partial charge is 0.383 e. The second-order valence-corrected chi connectivity index (χ2v) is 6.76. The van der Waals surface area contributed by atoms with Gasteiger partial charge in [-0.25, -0.2) is 4.68 Å². The van der Waals surface area contributed by atoms with E-state index in [4.69, 9.17) is 5.73 Å². The zero-order chi connectivity index (χ0) is 16.4. The molecule has 4 heteroatoms. The minimum atomic E-state index is 0.0607. The fraction of sp³-hybridized carbons (Fsp3) is 0.316. The predicted molar refractivity (Wildman–Crippen MR) is 98.2 cm³/mol. The molecule has 1 aromatic heterocycles. The van der Waals surface area contributed by atoms with E-state index >= 15 is 0 Å². The number of nitrogens with one attached hydrogen (secondary N) is 1. The molecule has 0 unspecified atom stereocenters. The molecule has 3 rings (SSSR count). The minimum Gasteiger partial charge on any atom is -0.383 e. The first-order chi connectivity index (χ1) is 11.0. The quantitative estimate of drug-likeness (QED) is 0.903. The van der Waals surface area contributed by atoms with Crippen LogP contribution in [0.5, 0.6) is 0 Å². The van der Waals surface area contributed by atoms with E-state index in [0.717, 1.165) is 28.8 Å². The van der Waals surface area contributed by atoms with E-state index < -0.39 is 0 Å². The summed E-state index contributed by atoms with van der Waals surface area (Å²) in [6.07, 6.45) is 12.6. The van der Waals surface area contributed by atoms with Gasteiger partial charge in [-0.1, -0.05) is 38.1 Å². The summed E-state index contributed by atoms with van der Waals surface area (Å²) in [7, 11) is 0. The number of hydrogen-bond acceptors (Lipinski definition) is 3. The number of anilines is 1. The average Bonchev–Trinajstić information content (AvgIpc) is 2.84. The Morgan fingerprint density at radius 1 is 1.30 bits per heavy atom. The molecule has 0 saturated carbocycles. The highest BCUT2D eigenvalue weighted by molar-refractivity contribution is 5.93. The molecule has 1 aliphatic rings. The molecule has 23 heavy (non-hydrogen) atoms. The number of allylic oxidation sites excluding steroid dienone is 6. The molecule has 120 valence electrons. The van der Waals surface area contributed by atoms with Gasteiger partial charge in [0, 0.05) is 29.1 Å². The summed E-state index contributed by atoms with van der Waals surface area (Å²) in [5, 5.41) is 9.09. The molecule has 4 nitrogen and oxygen atoms in total. The van der Waals surface area contributed by atoms with Crippen molar-refractivity contribution in [2.45, 2.75) is 26.8 Å². The summed E-state index contributed by atoms with van der Waals surface area (Å²) in [6.45, 7) is 7.11. The Balaban J connectivity index is 1.99. The van der Waals surface area contributed by atoms with Gasteiger partial charge in [0.05, 0.1) is 17.4 Å². The van der Waals surface area contributed by atoms with Crippen molar-refractivity contribution in [1.29, 1.82) is 0 Å². The molecule has 1 heterocycles. The number of nitrogens with zero attached hydrogens (tertiary/aromatic N) is 2. The van der Waals surface area contributed by atoms with Crippen molar-refractivity contribution < 1.29 is 0 Å². The van der Waals surface area contributed by atoms with E-state index in [1.54, 1.807) is 0 Å². The summed E-state index contributed by atoms with van der Waals surface area (Å²) in [5.41, 5.74) is 9.12. The van der Waals surface area contributed by atoms with Gasteiger partial charge in [-0.2, -0.15) is 5.10 Å². The molecule has 1 aliphatic carbocycles. The lowest BCUT2D eigenvalue weighted by Crippen LogP contribution is -2.25. The molecule has 1 atom stereocenters. The van der Waals surface area contributed by atoms with E-state index in [-0.39, 0.29) is 11.5 Å². The van der Waals surface area contributed by atoms with E-state index in [0.29, 0.717) is 0 Å². The smallest absolute Gasteiger partial charge is 0.0761 e. The number of nitrogens with two attached hydrogens (primary N) is 1. The maximum Gasteiger partial charge on any atom is 0.0761 e. The third-order valence-corrected chi connectivity index (χ3v) is 3.95. The highest BCUT2D eigenvalue weighted by atomic mass is 15.3. The topological polar surface area (TPSA) is 55.9 Å². The van der Waals surface area contributed by atoms with Gasteiger partial charge in [-0.15, -0.1) is 0 Å². The molecule has 0 radical (unpaired) electrons. The van der Waals surface area contributed by atoms with Crippen molar-refractivity contribution in [1.82, 2.24) is 9.78 Å². The highest BCUT2D eigenvalue weighted by Crippen LogP contribution is 2.28. The summed E-state index contributed by atoms with van der Waals surface area (Å²) in [6, 6.07) is 6.32. The van der Waals surface area contributed by atoms with Crippen LogP contribution in [0.15, 0.2) is 54.8 Å². The number of benzene rings is 1. The SMILES string of the molecule is C[C@H](N)CNc1cccc2c1cnn2C1=CC=CC(C)(C)C=C1. The molecule has 3 N–H and O–H groups in total. The predicted octanol–water partition coefficient (Wildman–Crippen LogP) is 3.79. The molecule has 0 fully saturated rings.